The molecule has 0 spiro atoms. The minimum absolute atomic E-state index is 0.0866. The van der Waals surface area contributed by atoms with Crippen LogP contribution in [-0.2, 0) is 4.79 Å². The Kier molecular flexibility index (Phi) is 3.36. The summed E-state index contributed by atoms with van der Waals surface area (Å²) in [4.78, 5) is 13.5. The van der Waals surface area contributed by atoms with Crippen LogP contribution in [0.4, 0.5) is 0 Å². The molecule has 1 heterocycles. The van der Waals surface area contributed by atoms with E-state index >= 15 is 0 Å². The number of carbonyl (C=O) groups excluding carboxylic acids is 1. The van der Waals surface area contributed by atoms with Gasteiger partial charge in [-0.3, -0.25) is 4.79 Å². The Morgan fingerprint density at radius 2 is 2.06 bits per heavy atom. The summed E-state index contributed by atoms with van der Waals surface area (Å²) in [6.45, 7) is 5.04. The molecule has 0 aliphatic carbocycles. The van der Waals surface area contributed by atoms with Gasteiger partial charge in [-0.1, -0.05) is 32.0 Å². The smallest absolute Gasteiger partial charge is 0.263 e. The molecule has 92 valence electrons. The van der Waals surface area contributed by atoms with E-state index in [9.17, 15) is 4.79 Å². The average molecular weight is 233 g/mol. The largest absolute Gasteiger partial charge is 0.480 e. The third-order valence-electron chi connectivity index (χ3n) is 3.19. The van der Waals surface area contributed by atoms with Crippen LogP contribution in [0.5, 0.6) is 5.75 Å². The quantitative estimate of drug-likeness (QED) is 0.802. The van der Waals surface area contributed by atoms with E-state index < -0.39 is 0 Å². The molecule has 0 saturated carbocycles. The summed E-state index contributed by atoms with van der Waals surface area (Å²) in [6.07, 6.45) is 0.474. The molecule has 1 saturated heterocycles. The first-order valence-corrected chi connectivity index (χ1v) is 6.10. The number of para-hydroxylation sites is 1. The van der Waals surface area contributed by atoms with Gasteiger partial charge in [-0.2, -0.15) is 0 Å². The van der Waals surface area contributed by atoms with E-state index in [0.29, 0.717) is 5.92 Å². The molecule has 2 rings (SSSR count). The van der Waals surface area contributed by atoms with Gasteiger partial charge in [0.15, 0.2) is 6.10 Å². The van der Waals surface area contributed by atoms with E-state index in [1.54, 1.807) is 4.90 Å². The number of likely N-dealkylation sites (N-methyl/N-ethyl adjacent to an activating group) is 1. The molecule has 1 unspecified atom stereocenters. The highest BCUT2D eigenvalue weighted by Gasteiger charge is 2.31. The third-order valence-corrected chi connectivity index (χ3v) is 3.19. The number of amides is 1. The Balaban J connectivity index is 2.16. The van der Waals surface area contributed by atoms with Gasteiger partial charge in [0.25, 0.3) is 5.91 Å². The maximum atomic E-state index is 11.8. The van der Waals surface area contributed by atoms with E-state index in [1.807, 2.05) is 25.2 Å². The van der Waals surface area contributed by atoms with Crippen molar-refractivity contribution >= 4 is 5.91 Å². The minimum atomic E-state index is -0.306. The molecule has 1 fully saturated rings. The first-order valence-electron chi connectivity index (χ1n) is 6.10. The van der Waals surface area contributed by atoms with Crippen LogP contribution in [0.15, 0.2) is 24.3 Å². The van der Waals surface area contributed by atoms with Crippen LogP contribution >= 0.6 is 0 Å². The van der Waals surface area contributed by atoms with Crippen LogP contribution in [0.1, 0.15) is 31.7 Å². The number of nitrogens with zero attached hydrogens (tertiary/aromatic N) is 1. The summed E-state index contributed by atoms with van der Waals surface area (Å²) in [6, 6.07) is 7.96. The van der Waals surface area contributed by atoms with Crippen LogP contribution < -0.4 is 4.74 Å². The fourth-order valence-corrected chi connectivity index (χ4v) is 2.12. The highest BCUT2D eigenvalue weighted by Crippen LogP contribution is 2.28. The summed E-state index contributed by atoms with van der Waals surface area (Å²) in [7, 11) is 1.82. The van der Waals surface area contributed by atoms with Crippen molar-refractivity contribution < 1.29 is 9.53 Å². The number of hydrogen-bond acceptors (Lipinski definition) is 2. The molecule has 0 bridgehead atoms. The first kappa shape index (κ1) is 12.0. The van der Waals surface area contributed by atoms with Crippen LogP contribution in [-0.4, -0.2) is 30.5 Å². The second-order valence-corrected chi connectivity index (χ2v) is 4.85. The molecule has 1 aromatic carbocycles. The highest BCUT2D eigenvalue weighted by atomic mass is 16.5. The third kappa shape index (κ3) is 2.43. The molecular formula is C14H19NO2. The fourth-order valence-electron chi connectivity index (χ4n) is 2.12. The molecule has 0 aromatic heterocycles. The monoisotopic (exact) mass is 233 g/mol. The Labute approximate surface area is 102 Å². The van der Waals surface area contributed by atoms with Gasteiger partial charge < -0.3 is 9.64 Å². The second-order valence-electron chi connectivity index (χ2n) is 4.85. The lowest BCUT2D eigenvalue weighted by molar-refractivity contribution is -0.132. The molecule has 1 aliphatic rings. The van der Waals surface area contributed by atoms with Crippen molar-refractivity contribution in [2.24, 2.45) is 0 Å². The zero-order valence-corrected chi connectivity index (χ0v) is 10.6. The van der Waals surface area contributed by atoms with Crippen LogP contribution in [0.3, 0.4) is 0 Å². The lowest BCUT2D eigenvalue weighted by Gasteiger charge is -2.17. The Morgan fingerprint density at radius 3 is 2.65 bits per heavy atom. The maximum absolute atomic E-state index is 11.8. The van der Waals surface area contributed by atoms with E-state index in [-0.39, 0.29) is 12.0 Å². The molecule has 17 heavy (non-hydrogen) atoms. The number of hydrogen-bond donors (Lipinski definition) is 0. The van der Waals surface area contributed by atoms with Gasteiger partial charge in [-0.05, 0) is 17.5 Å². The van der Waals surface area contributed by atoms with Crippen molar-refractivity contribution in [2.75, 3.05) is 13.6 Å². The van der Waals surface area contributed by atoms with Gasteiger partial charge in [0.05, 0.1) is 0 Å². The summed E-state index contributed by atoms with van der Waals surface area (Å²) in [5.74, 6) is 1.33. The number of likely N-dealkylation sites (tertiary alicyclic amines) is 1. The normalized spacial score (nSPS) is 20.1. The molecule has 3 heteroatoms. The van der Waals surface area contributed by atoms with Crippen molar-refractivity contribution in [3.8, 4) is 5.75 Å². The van der Waals surface area contributed by atoms with Crippen LogP contribution in [0, 0.1) is 0 Å². The molecule has 0 radical (unpaired) electrons. The molecular weight excluding hydrogens is 214 g/mol. The van der Waals surface area contributed by atoms with Crippen LogP contribution in [0.25, 0.3) is 0 Å². The van der Waals surface area contributed by atoms with Crippen molar-refractivity contribution in [3.05, 3.63) is 29.8 Å². The molecule has 1 aromatic rings. The first-order chi connectivity index (χ1) is 8.09. The predicted octanol–water partition coefficient (Wildman–Crippen LogP) is 2.42. The van der Waals surface area contributed by atoms with Crippen molar-refractivity contribution in [3.63, 3.8) is 0 Å². The zero-order chi connectivity index (χ0) is 12.4. The van der Waals surface area contributed by atoms with Crippen molar-refractivity contribution in [1.29, 1.82) is 0 Å². The van der Waals surface area contributed by atoms with Gasteiger partial charge in [0, 0.05) is 20.0 Å². The van der Waals surface area contributed by atoms with Gasteiger partial charge in [0.2, 0.25) is 0 Å². The molecule has 1 amide bonds. The SMILES string of the molecule is CC(C)c1ccccc1OC1CCN(C)C1=O. The van der Waals surface area contributed by atoms with E-state index in [2.05, 4.69) is 19.9 Å². The lowest BCUT2D eigenvalue weighted by Crippen LogP contribution is -2.29. The molecule has 1 atom stereocenters. The lowest BCUT2D eigenvalue weighted by atomic mass is 10.0. The van der Waals surface area contributed by atoms with Gasteiger partial charge >= 0.3 is 0 Å². The zero-order valence-electron chi connectivity index (χ0n) is 10.6. The Hall–Kier alpha value is -1.51. The fraction of sp³-hybridized carbons (Fsp3) is 0.500. The summed E-state index contributed by atoms with van der Waals surface area (Å²) < 4.78 is 5.86. The topological polar surface area (TPSA) is 29.5 Å². The number of carbonyl (C=O) groups is 1. The Bertz CT molecular complexity index is 414. The summed E-state index contributed by atoms with van der Waals surface area (Å²) >= 11 is 0. The summed E-state index contributed by atoms with van der Waals surface area (Å²) in [5.41, 5.74) is 1.16. The number of benzene rings is 1. The number of ether oxygens (including phenoxy) is 1. The Morgan fingerprint density at radius 1 is 1.35 bits per heavy atom. The van der Waals surface area contributed by atoms with E-state index in [1.165, 1.54) is 0 Å². The molecule has 3 nitrogen and oxygen atoms in total. The van der Waals surface area contributed by atoms with E-state index in [0.717, 1.165) is 24.3 Å². The van der Waals surface area contributed by atoms with Crippen LogP contribution in [0.2, 0.25) is 0 Å². The minimum Gasteiger partial charge on any atom is -0.480 e. The average Bonchev–Trinajstić information content (AvgIpc) is 2.61. The van der Waals surface area contributed by atoms with Gasteiger partial charge in [-0.25, -0.2) is 0 Å². The van der Waals surface area contributed by atoms with Gasteiger partial charge in [-0.15, -0.1) is 0 Å². The molecule has 0 N–H and O–H groups in total. The highest BCUT2D eigenvalue weighted by molar-refractivity contribution is 5.83. The maximum Gasteiger partial charge on any atom is 0.263 e. The van der Waals surface area contributed by atoms with Gasteiger partial charge in [0.1, 0.15) is 5.75 Å². The standard InChI is InChI=1S/C14H19NO2/c1-10(2)11-6-4-5-7-12(11)17-13-8-9-15(3)14(13)16/h4-7,10,13H,8-9H2,1-3H3. The molecule has 1 aliphatic heterocycles. The predicted molar refractivity (Wildman–Crippen MR) is 67.2 cm³/mol. The van der Waals surface area contributed by atoms with E-state index in [4.69, 9.17) is 4.74 Å². The number of rotatable bonds is 3. The second kappa shape index (κ2) is 4.78. The van der Waals surface area contributed by atoms with Crippen molar-refractivity contribution in [2.45, 2.75) is 32.3 Å². The summed E-state index contributed by atoms with van der Waals surface area (Å²) in [5, 5.41) is 0. The van der Waals surface area contributed by atoms with Crippen molar-refractivity contribution in [1.82, 2.24) is 4.90 Å².